The molecule has 1 N–H and O–H groups in total. The smallest absolute Gasteiger partial charge is 0.146 e. The summed E-state index contributed by atoms with van der Waals surface area (Å²) in [7, 11) is 0. The van der Waals surface area contributed by atoms with Gasteiger partial charge in [-0.25, -0.2) is 0 Å². The molecular formula is C17H19NO2. The molecule has 0 saturated carbocycles. The second-order valence-corrected chi connectivity index (χ2v) is 4.94. The van der Waals surface area contributed by atoms with Crippen LogP contribution < -0.4 is 14.8 Å². The predicted octanol–water partition coefficient (Wildman–Crippen LogP) is 3.94. The Morgan fingerprint density at radius 2 is 2.00 bits per heavy atom. The molecule has 0 aliphatic carbocycles. The van der Waals surface area contributed by atoms with Gasteiger partial charge in [0.2, 0.25) is 0 Å². The average molecular weight is 269 g/mol. The first-order valence-corrected chi connectivity index (χ1v) is 7.01. The largest absolute Gasteiger partial charge is 0.494 e. The second-order valence-electron chi connectivity index (χ2n) is 4.94. The van der Waals surface area contributed by atoms with Crippen LogP contribution in [0.25, 0.3) is 0 Å². The van der Waals surface area contributed by atoms with E-state index in [1.807, 2.05) is 25.1 Å². The zero-order valence-electron chi connectivity index (χ0n) is 11.8. The van der Waals surface area contributed by atoms with Crippen LogP contribution in [0.1, 0.15) is 24.2 Å². The van der Waals surface area contributed by atoms with Gasteiger partial charge in [0, 0.05) is 0 Å². The number of hydrogen-bond acceptors (Lipinski definition) is 3. The van der Waals surface area contributed by atoms with Gasteiger partial charge in [0.1, 0.15) is 17.6 Å². The van der Waals surface area contributed by atoms with Crippen molar-refractivity contribution in [1.29, 1.82) is 0 Å². The average Bonchev–Trinajstić information content (AvgIpc) is 2.49. The molecule has 0 saturated heterocycles. The van der Waals surface area contributed by atoms with Crippen molar-refractivity contribution < 1.29 is 9.47 Å². The Kier molecular flexibility index (Phi) is 3.50. The highest BCUT2D eigenvalue weighted by molar-refractivity contribution is 5.61. The molecule has 0 spiro atoms. The SMILES string of the molecule is CCOc1ccc(C2CNc3cccc(C)c3O2)cc1. The minimum absolute atomic E-state index is 0.0410. The summed E-state index contributed by atoms with van der Waals surface area (Å²) in [5.41, 5.74) is 3.40. The van der Waals surface area contributed by atoms with E-state index in [4.69, 9.17) is 9.47 Å². The van der Waals surface area contributed by atoms with Crippen LogP contribution in [-0.2, 0) is 0 Å². The fourth-order valence-corrected chi connectivity index (χ4v) is 2.47. The van der Waals surface area contributed by atoms with Gasteiger partial charge in [-0.1, -0.05) is 24.3 Å². The van der Waals surface area contributed by atoms with Crippen molar-refractivity contribution in [1.82, 2.24) is 0 Å². The highest BCUT2D eigenvalue weighted by Crippen LogP contribution is 2.36. The number of fused-ring (bicyclic) bond motifs is 1. The number of rotatable bonds is 3. The van der Waals surface area contributed by atoms with E-state index in [-0.39, 0.29) is 6.10 Å². The summed E-state index contributed by atoms with van der Waals surface area (Å²) in [6.45, 7) is 5.53. The topological polar surface area (TPSA) is 30.5 Å². The lowest BCUT2D eigenvalue weighted by molar-refractivity contribution is 0.209. The van der Waals surface area contributed by atoms with Crippen LogP contribution in [0.15, 0.2) is 42.5 Å². The molecule has 0 aromatic heterocycles. The Morgan fingerprint density at radius 1 is 1.20 bits per heavy atom. The van der Waals surface area contributed by atoms with Crippen LogP contribution in [-0.4, -0.2) is 13.2 Å². The molecule has 0 radical (unpaired) electrons. The van der Waals surface area contributed by atoms with Crippen molar-refractivity contribution in [3.8, 4) is 11.5 Å². The summed E-state index contributed by atoms with van der Waals surface area (Å²) >= 11 is 0. The standard InChI is InChI=1S/C17H19NO2/c1-3-19-14-9-7-13(8-10-14)16-11-18-15-6-4-5-12(2)17(15)20-16/h4-10,16,18H,3,11H2,1-2H3. The maximum absolute atomic E-state index is 6.15. The van der Waals surface area contributed by atoms with E-state index in [0.717, 1.165) is 34.9 Å². The van der Waals surface area contributed by atoms with Crippen LogP contribution in [0, 0.1) is 6.92 Å². The molecule has 1 unspecified atom stereocenters. The summed E-state index contributed by atoms with van der Waals surface area (Å²) in [4.78, 5) is 0. The monoisotopic (exact) mass is 269 g/mol. The van der Waals surface area contributed by atoms with Crippen LogP contribution >= 0.6 is 0 Å². The maximum atomic E-state index is 6.15. The van der Waals surface area contributed by atoms with E-state index in [0.29, 0.717) is 6.61 Å². The Bertz CT molecular complexity index is 592. The molecule has 3 heteroatoms. The van der Waals surface area contributed by atoms with Gasteiger partial charge >= 0.3 is 0 Å². The van der Waals surface area contributed by atoms with Crippen molar-refractivity contribution in [2.75, 3.05) is 18.5 Å². The number of nitrogens with one attached hydrogen (secondary N) is 1. The van der Waals surface area contributed by atoms with Crippen molar-refractivity contribution in [3.05, 3.63) is 53.6 Å². The van der Waals surface area contributed by atoms with E-state index in [1.54, 1.807) is 0 Å². The third-order valence-corrected chi connectivity index (χ3v) is 3.51. The Labute approximate surface area is 119 Å². The molecule has 1 heterocycles. The summed E-state index contributed by atoms with van der Waals surface area (Å²) in [6.07, 6.45) is 0.0410. The summed E-state index contributed by atoms with van der Waals surface area (Å²) in [5.74, 6) is 1.86. The van der Waals surface area contributed by atoms with Crippen LogP contribution in [0.5, 0.6) is 11.5 Å². The fraction of sp³-hybridized carbons (Fsp3) is 0.294. The van der Waals surface area contributed by atoms with Gasteiger partial charge in [-0.2, -0.15) is 0 Å². The van der Waals surface area contributed by atoms with E-state index >= 15 is 0 Å². The van der Waals surface area contributed by atoms with Gasteiger partial charge in [0.05, 0.1) is 18.8 Å². The Morgan fingerprint density at radius 3 is 2.75 bits per heavy atom. The lowest BCUT2D eigenvalue weighted by Crippen LogP contribution is -2.24. The van der Waals surface area contributed by atoms with E-state index in [1.165, 1.54) is 0 Å². The molecule has 0 amide bonds. The first-order valence-electron chi connectivity index (χ1n) is 7.01. The van der Waals surface area contributed by atoms with Crippen molar-refractivity contribution in [2.45, 2.75) is 20.0 Å². The Balaban J connectivity index is 1.81. The third kappa shape index (κ3) is 2.44. The molecule has 2 aromatic carbocycles. The van der Waals surface area contributed by atoms with Crippen molar-refractivity contribution in [3.63, 3.8) is 0 Å². The van der Waals surface area contributed by atoms with Crippen LogP contribution in [0.4, 0.5) is 5.69 Å². The van der Waals surface area contributed by atoms with Crippen molar-refractivity contribution >= 4 is 5.69 Å². The molecule has 3 rings (SSSR count). The molecule has 20 heavy (non-hydrogen) atoms. The van der Waals surface area contributed by atoms with Gasteiger partial charge in [-0.15, -0.1) is 0 Å². The molecule has 1 aliphatic rings. The van der Waals surface area contributed by atoms with Gasteiger partial charge in [-0.3, -0.25) is 0 Å². The highest BCUT2D eigenvalue weighted by Gasteiger charge is 2.21. The number of ether oxygens (including phenoxy) is 2. The first kappa shape index (κ1) is 12.9. The molecular weight excluding hydrogens is 250 g/mol. The lowest BCUT2D eigenvalue weighted by atomic mass is 10.1. The number of para-hydroxylation sites is 1. The lowest BCUT2D eigenvalue weighted by Gasteiger charge is -2.29. The van der Waals surface area contributed by atoms with Gasteiger partial charge in [0.15, 0.2) is 0 Å². The fourth-order valence-electron chi connectivity index (χ4n) is 2.47. The van der Waals surface area contributed by atoms with Crippen LogP contribution in [0.3, 0.4) is 0 Å². The normalized spacial score (nSPS) is 16.8. The van der Waals surface area contributed by atoms with Gasteiger partial charge in [0.25, 0.3) is 0 Å². The molecule has 1 atom stereocenters. The number of aryl methyl sites for hydroxylation is 1. The molecule has 1 aliphatic heterocycles. The van der Waals surface area contributed by atoms with E-state index < -0.39 is 0 Å². The van der Waals surface area contributed by atoms with E-state index in [9.17, 15) is 0 Å². The minimum Gasteiger partial charge on any atom is -0.494 e. The van der Waals surface area contributed by atoms with Crippen LogP contribution in [0.2, 0.25) is 0 Å². The minimum atomic E-state index is 0.0410. The second kappa shape index (κ2) is 5.45. The number of anilines is 1. The summed E-state index contributed by atoms with van der Waals surface area (Å²) < 4.78 is 11.6. The summed E-state index contributed by atoms with van der Waals surface area (Å²) in [6, 6.07) is 14.3. The molecule has 104 valence electrons. The predicted molar refractivity (Wildman–Crippen MR) is 80.6 cm³/mol. The van der Waals surface area contributed by atoms with Gasteiger partial charge in [-0.05, 0) is 43.2 Å². The Hall–Kier alpha value is -2.16. The molecule has 0 bridgehead atoms. The van der Waals surface area contributed by atoms with Crippen molar-refractivity contribution in [2.24, 2.45) is 0 Å². The number of benzene rings is 2. The van der Waals surface area contributed by atoms with E-state index in [2.05, 4.69) is 36.5 Å². The zero-order valence-corrected chi connectivity index (χ0v) is 11.8. The molecule has 2 aromatic rings. The number of hydrogen-bond donors (Lipinski definition) is 1. The highest BCUT2D eigenvalue weighted by atomic mass is 16.5. The molecule has 0 fully saturated rings. The summed E-state index contributed by atoms with van der Waals surface area (Å²) in [5, 5.41) is 3.44. The first-order chi connectivity index (χ1) is 9.78. The quantitative estimate of drug-likeness (QED) is 0.915. The molecule has 3 nitrogen and oxygen atoms in total. The van der Waals surface area contributed by atoms with Gasteiger partial charge < -0.3 is 14.8 Å². The maximum Gasteiger partial charge on any atom is 0.146 e. The zero-order chi connectivity index (χ0) is 13.9. The third-order valence-electron chi connectivity index (χ3n) is 3.51.